The lowest BCUT2D eigenvalue weighted by molar-refractivity contribution is 1.09. The molecule has 0 aliphatic carbocycles. The molecule has 0 fully saturated rings. The van der Waals surface area contributed by atoms with E-state index in [0.29, 0.717) is 0 Å². The predicted octanol–water partition coefficient (Wildman–Crippen LogP) is 3.36. The van der Waals surface area contributed by atoms with Crippen LogP contribution in [0.25, 0.3) is 0 Å². The lowest BCUT2D eigenvalue weighted by atomic mass is 10.2. The highest BCUT2D eigenvalue weighted by atomic mass is 35.5. The fraction of sp³-hybridized carbons (Fsp3) is 0.429. The topological polar surface area (TPSA) is 0 Å². The van der Waals surface area contributed by atoms with Crippen molar-refractivity contribution in [1.82, 2.24) is 0 Å². The Balaban J connectivity index is 2.85. The maximum absolute atomic E-state index is 5.82. The van der Waals surface area contributed by atoms with E-state index in [1.807, 2.05) is 6.92 Å². The summed E-state index contributed by atoms with van der Waals surface area (Å²) in [6.07, 6.45) is 0. The average molecular weight is 161 g/mol. The minimum Gasteiger partial charge on any atom is -0.149 e. The molecule has 0 saturated heterocycles. The summed E-state index contributed by atoms with van der Waals surface area (Å²) in [6, 6.07) is 2.13. The lowest BCUT2D eigenvalue weighted by Gasteiger charge is -1.93. The molecular formula is C7H9ClS. The first kappa shape index (κ1) is 7.10. The highest BCUT2D eigenvalue weighted by Crippen LogP contribution is 2.24. The molecule has 50 valence electrons. The molecule has 1 aromatic rings. The molecule has 0 aliphatic heterocycles. The summed E-state index contributed by atoms with van der Waals surface area (Å²) in [4.78, 5) is 1.33. The third-order valence-electron chi connectivity index (χ3n) is 1.21. The van der Waals surface area contributed by atoms with Gasteiger partial charge in [-0.05, 0) is 30.9 Å². The number of thiophene rings is 1. The fourth-order valence-corrected chi connectivity index (χ4v) is 1.67. The van der Waals surface area contributed by atoms with E-state index in [1.54, 1.807) is 11.3 Å². The molecule has 1 rings (SSSR count). The lowest BCUT2D eigenvalue weighted by Crippen LogP contribution is -1.75. The minimum atomic E-state index is 0.162. The van der Waals surface area contributed by atoms with Crippen LogP contribution in [0.3, 0.4) is 0 Å². The van der Waals surface area contributed by atoms with Crippen LogP contribution in [0.1, 0.15) is 22.7 Å². The van der Waals surface area contributed by atoms with Gasteiger partial charge in [0.25, 0.3) is 0 Å². The van der Waals surface area contributed by atoms with Crippen molar-refractivity contribution in [2.24, 2.45) is 0 Å². The second-order valence-electron chi connectivity index (χ2n) is 2.11. The summed E-state index contributed by atoms with van der Waals surface area (Å²) in [7, 11) is 0. The Hall–Kier alpha value is -0.0100. The van der Waals surface area contributed by atoms with Crippen LogP contribution in [0.2, 0.25) is 0 Å². The number of hydrogen-bond donors (Lipinski definition) is 0. The highest BCUT2D eigenvalue weighted by molar-refractivity contribution is 7.10. The van der Waals surface area contributed by atoms with E-state index in [2.05, 4.69) is 18.4 Å². The van der Waals surface area contributed by atoms with Gasteiger partial charge in [-0.25, -0.2) is 0 Å². The van der Waals surface area contributed by atoms with Crippen molar-refractivity contribution in [2.75, 3.05) is 0 Å². The molecule has 0 N–H and O–H groups in total. The molecule has 0 radical (unpaired) electrons. The second kappa shape index (κ2) is 2.72. The van der Waals surface area contributed by atoms with E-state index in [0.717, 1.165) is 0 Å². The summed E-state index contributed by atoms with van der Waals surface area (Å²) >= 11 is 7.57. The Morgan fingerprint density at radius 3 is 2.56 bits per heavy atom. The molecule has 1 heterocycles. The van der Waals surface area contributed by atoms with Gasteiger partial charge in [-0.3, -0.25) is 0 Å². The Bertz CT molecular complexity index is 191. The molecule has 1 unspecified atom stereocenters. The van der Waals surface area contributed by atoms with Crippen molar-refractivity contribution < 1.29 is 0 Å². The Kier molecular flexibility index (Phi) is 2.14. The van der Waals surface area contributed by atoms with E-state index < -0.39 is 0 Å². The molecule has 0 saturated carbocycles. The van der Waals surface area contributed by atoms with Gasteiger partial charge in [0.2, 0.25) is 0 Å². The van der Waals surface area contributed by atoms with Crippen molar-refractivity contribution in [1.29, 1.82) is 0 Å². The molecule has 0 nitrogen and oxygen atoms in total. The van der Waals surface area contributed by atoms with Crippen LogP contribution in [-0.4, -0.2) is 0 Å². The molecule has 9 heavy (non-hydrogen) atoms. The van der Waals surface area contributed by atoms with Crippen molar-refractivity contribution >= 4 is 22.9 Å². The first-order valence-electron chi connectivity index (χ1n) is 2.89. The normalized spacial score (nSPS) is 13.7. The Morgan fingerprint density at radius 2 is 2.33 bits per heavy atom. The second-order valence-corrected chi connectivity index (χ2v) is 3.88. The molecule has 0 aliphatic rings. The van der Waals surface area contributed by atoms with Crippen LogP contribution in [0.15, 0.2) is 11.4 Å². The average Bonchev–Trinajstić information content (AvgIpc) is 2.14. The number of aryl methyl sites for hydroxylation is 1. The monoisotopic (exact) mass is 160 g/mol. The number of hydrogen-bond acceptors (Lipinski definition) is 1. The molecule has 1 atom stereocenters. The van der Waals surface area contributed by atoms with E-state index in [-0.39, 0.29) is 5.38 Å². The molecule has 1 aromatic heterocycles. The molecule has 2 heteroatoms. The van der Waals surface area contributed by atoms with Crippen molar-refractivity contribution in [2.45, 2.75) is 19.2 Å². The van der Waals surface area contributed by atoms with Gasteiger partial charge in [0, 0.05) is 4.88 Å². The van der Waals surface area contributed by atoms with E-state index in [4.69, 9.17) is 11.6 Å². The van der Waals surface area contributed by atoms with Gasteiger partial charge >= 0.3 is 0 Å². The number of halogens is 1. The Labute approximate surface area is 64.5 Å². The van der Waals surface area contributed by atoms with Gasteiger partial charge in [-0.15, -0.1) is 22.9 Å². The summed E-state index contributed by atoms with van der Waals surface area (Å²) in [5.41, 5.74) is 1.24. The minimum absolute atomic E-state index is 0.162. The van der Waals surface area contributed by atoms with Gasteiger partial charge in [0.15, 0.2) is 0 Å². The van der Waals surface area contributed by atoms with E-state index in [1.165, 1.54) is 10.4 Å². The maximum atomic E-state index is 5.82. The van der Waals surface area contributed by atoms with Crippen molar-refractivity contribution in [3.63, 3.8) is 0 Å². The fourth-order valence-electron chi connectivity index (χ4n) is 0.672. The molecular weight excluding hydrogens is 152 g/mol. The van der Waals surface area contributed by atoms with E-state index in [9.17, 15) is 0 Å². The van der Waals surface area contributed by atoms with Crippen molar-refractivity contribution in [3.05, 3.63) is 21.9 Å². The van der Waals surface area contributed by atoms with Crippen molar-refractivity contribution in [3.8, 4) is 0 Å². The number of rotatable bonds is 1. The Morgan fingerprint density at radius 1 is 1.67 bits per heavy atom. The van der Waals surface area contributed by atoms with Crippen LogP contribution in [0.4, 0.5) is 0 Å². The first-order chi connectivity index (χ1) is 4.20. The summed E-state index contributed by atoms with van der Waals surface area (Å²) in [5.74, 6) is 0. The standard InChI is InChI=1S/C7H9ClS/c1-5-3-7(4-9-5)6(2)8/h3-4,6H,1-2H3. The van der Waals surface area contributed by atoms with Crippen LogP contribution in [0, 0.1) is 6.92 Å². The summed E-state index contributed by atoms with van der Waals surface area (Å²) in [5, 5.41) is 2.27. The SMILES string of the molecule is Cc1cc(C(C)Cl)cs1. The predicted molar refractivity (Wildman–Crippen MR) is 43.3 cm³/mol. The molecule has 0 bridgehead atoms. The van der Waals surface area contributed by atoms with Crippen LogP contribution in [-0.2, 0) is 0 Å². The zero-order chi connectivity index (χ0) is 6.85. The van der Waals surface area contributed by atoms with E-state index >= 15 is 0 Å². The molecule has 0 amide bonds. The van der Waals surface area contributed by atoms with Gasteiger partial charge in [0.05, 0.1) is 5.38 Å². The third kappa shape index (κ3) is 1.70. The summed E-state index contributed by atoms with van der Waals surface area (Å²) in [6.45, 7) is 4.08. The number of alkyl halides is 1. The summed E-state index contributed by atoms with van der Waals surface area (Å²) < 4.78 is 0. The molecule has 0 spiro atoms. The zero-order valence-corrected chi connectivity index (χ0v) is 7.09. The zero-order valence-electron chi connectivity index (χ0n) is 5.52. The molecule has 0 aromatic carbocycles. The van der Waals surface area contributed by atoms with Crippen LogP contribution >= 0.6 is 22.9 Å². The van der Waals surface area contributed by atoms with Gasteiger partial charge in [-0.2, -0.15) is 0 Å². The van der Waals surface area contributed by atoms with Gasteiger partial charge in [0.1, 0.15) is 0 Å². The van der Waals surface area contributed by atoms with Gasteiger partial charge < -0.3 is 0 Å². The smallest absolute Gasteiger partial charge is 0.0565 e. The third-order valence-corrected chi connectivity index (χ3v) is 2.34. The van der Waals surface area contributed by atoms with Gasteiger partial charge in [-0.1, -0.05) is 0 Å². The quantitative estimate of drug-likeness (QED) is 0.553. The van der Waals surface area contributed by atoms with Crippen LogP contribution < -0.4 is 0 Å². The maximum Gasteiger partial charge on any atom is 0.0565 e. The highest BCUT2D eigenvalue weighted by Gasteiger charge is 2.00. The first-order valence-corrected chi connectivity index (χ1v) is 4.21. The largest absolute Gasteiger partial charge is 0.149 e. The van der Waals surface area contributed by atoms with Crippen LogP contribution in [0.5, 0.6) is 0 Å².